The molecule has 126 valence electrons. The second-order valence-corrected chi connectivity index (χ2v) is 5.97. The van der Waals surface area contributed by atoms with Gasteiger partial charge in [0.2, 0.25) is 5.82 Å². The minimum absolute atomic E-state index is 0.0327. The van der Waals surface area contributed by atoms with Gasteiger partial charge in [0.05, 0.1) is 5.69 Å². The predicted molar refractivity (Wildman–Crippen MR) is 85.8 cm³/mol. The van der Waals surface area contributed by atoms with Crippen molar-refractivity contribution < 1.29 is 18.8 Å². The van der Waals surface area contributed by atoms with Gasteiger partial charge in [0.25, 0.3) is 11.8 Å². The minimum Gasteiger partial charge on any atom is -0.482 e. The van der Waals surface area contributed by atoms with Crippen molar-refractivity contribution in [1.29, 1.82) is 0 Å². The molecule has 1 atom stereocenters. The van der Waals surface area contributed by atoms with E-state index in [0.717, 1.165) is 37.1 Å². The summed E-state index contributed by atoms with van der Waals surface area (Å²) in [5, 5.41) is 4.06. The molecule has 7 nitrogen and oxygen atoms in total. The average Bonchev–Trinajstić information content (AvgIpc) is 3.28. The molecule has 0 saturated carbocycles. The Labute approximate surface area is 139 Å². The number of amides is 1. The standard InChI is InChI=1S/C17H19N3O4/c1-2-7-20-12-9-11(5-6-13(12)23-10-15(20)21)16-18-17(24-19-16)14-4-3-8-22-14/h5-6,9,14H,2-4,7-8,10H2,1H3. The van der Waals surface area contributed by atoms with Crippen molar-refractivity contribution in [2.24, 2.45) is 0 Å². The Bertz CT molecular complexity index is 752. The molecule has 1 aromatic heterocycles. The molecule has 0 aliphatic carbocycles. The number of hydrogen-bond acceptors (Lipinski definition) is 6. The number of hydrogen-bond donors (Lipinski definition) is 0. The molecule has 0 N–H and O–H groups in total. The van der Waals surface area contributed by atoms with E-state index in [1.54, 1.807) is 4.90 Å². The highest BCUT2D eigenvalue weighted by Gasteiger charge is 2.27. The molecule has 1 saturated heterocycles. The van der Waals surface area contributed by atoms with Gasteiger partial charge in [0, 0.05) is 18.7 Å². The topological polar surface area (TPSA) is 77.7 Å². The van der Waals surface area contributed by atoms with Gasteiger partial charge in [-0.1, -0.05) is 12.1 Å². The molecule has 1 amide bonds. The van der Waals surface area contributed by atoms with Crippen LogP contribution in [0, 0.1) is 0 Å². The molecule has 1 unspecified atom stereocenters. The molecule has 0 spiro atoms. The van der Waals surface area contributed by atoms with Crippen LogP contribution in [0.3, 0.4) is 0 Å². The molecule has 1 aromatic carbocycles. The van der Waals surface area contributed by atoms with Crippen LogP contribution in [0.15, 0.2) is 22.7 Å². The summed E-state index contributed by atoms with van der Waals surface area (Å²) < 4.78 is 16.4. The van der Waals surface area contributed by atoms with E-state index in [1.165, 1.54) is 0 Å². The van der Waals surface area contributed by atoms with Crippen molar-refractivity contribution >= 4 is 11.6 Å². The van der Waals surface area contributed by atoms with E-state index in [-0.39, 0.29) is 18.6 Å². The van der Waals surface area contributed by atoms with E-state index in [1.807, 2.05) is 25.1 Å². The zero-order chi connectivity index (χ0) is 16.5. The number of anilines is 1. The van der Waals surface area contributed by atoms with Crippen LogP contribution in [0.4, 0.5) is 5.69 Å². The number of aromatic nitrogens is 2. The molecule has 0 bridgehead atoms. The van der Waals surface area contributed by atoms with Crippen LogP contribution < -0.4 is 9.64 Å². The van der Waals surface area contributed by atoms with Crippen LogP contribution in [0.5, 0.6) is 5.75 Å². The lowest BCUT2D eigenvalue weighted by Gasteiger charge is -2.29. The molecule has 7 heteroatoms. The largest absolute Gasteiger partial charge is 0.482 e. The van der Waals surface area contributed by atoms with Crippen molar-refractivity contribution in [2.45, 2.75) is 32.3 Å². The third kappa shape index (κ3) is 2.65. The molecule has 0 radical (unpaired) electrons. The van der Waals surface area contributed by atoms with Gasteiger partial charge >= 0.3 is 0 Å². The van der Waals surface area contributed by atoms with Crippen molar-refractivity contribution in [3.8, 4) is 17.1 Å². The molecular weight excluding hydrogens is 310 g/mol. The van der Waals surface area contributed by atoms with E-state index in [4.69, 9.17) is 14.0 Å². The quantitative estimate of drug-likeness (QED) is 0.858. The lowest BCUT2D eigenvalue weighted by atomic mass is 10.1. The van der Waals surface area contributed by atoms with E-state index >= 15 is 0 Å². The number of fused-ring (bicyclic) bond motifs is 1. The Hall–Kier alpha value is -2.41. The maximum absolute atomic E-state index is 12.1. The van der Waals surface area contributed by atoms with Gasteiger partial charge in [0.15, 0.2) is 6.61 Å². The summed E-state index contributed by atoms with van der Waals surface area (Å²) in [6, 6.07) is 5.61. The Balaban J connectivity index is 1.66. The van der Waals surface area contributed by atoms with E-state index in [0.29, 0.717) is 24.0 Å². The molecule has 4 rings (SSSR count). The van der Waals surface area contributed by atoms with Crippen LogP contribution in [-0.2, 0) is 9.53 Å². The van der Waals surface area contributed by atoms with E-state index in [2.05, 4.69) is 10.1 Å². The summed E-state index contributed by atoms with van der Waals surface area (Å²) in [6.07, 6.45) is 2.68. The maximum Gasteiger partial charge on any atom is 0.265 e. The first-order valence-corrected chi connectivity index (χ1v) is 8.29. The fourth-order valence-corrected chi connectivity index (χ4v) is 3.07. The molecule has 1 fully saturated rings. The van der Waals surface area contributed by atoms with E-state index in [9.17, 15) is 4.79 Å². The molecule has 2 aliphatic heterocycles. The van der Waals surface area contributed by atoms with Gasteiger partial charge in [-0.3, -0.25) is 4.79 Å². The molecular formula is C17H19N3O4. The third-order valence-corrected chi connectivity index (χ3v) is 4.25. The number of nitrogens with zero attached hydrogens (tertiary/aromatic N) is 3. The van der Waals surface area contributed by atoms with Gasteiger partial charge in [-0.15, -0.1) is 0 Å². The first-order chi connectivity index (χ1) is 11.8. The number of ether oxygens (including phenoxy) is 2. The minimum atomic E-state index is -0.106. The van der Waals surface area contributed by atoms with Gasteiger partial charge in [0.1, 0.15) is 11.9 Å². The van der Waals surface area contributed by atoms with Crippen molar-refractivity contribution in [1.82, 2.24) is 10.1 Å². The molecule has 2 aromatic rings. The zero-order valence-corrected chi connectivity index (χ0v) is 13.5. The maximum atomic E-state index is 12.1. The summed E-state index contributed by atoms with van der Waals surface area (Å²) in [7, 11) is 0. The van der Waals surface area contributed by atoms with Crippen LogP contribution >= 0.6 is 0 Å². The summed E-state index contributed by atoms with van der Waals surface area (Å²) in [5.74, 6) is 1.68. The summed E-state index contributed by atoms with van der Waals surface area (Å²) in [4.78, 5) is 18.3. The normalized spacial score (nSPS) is 20.1. The second-order valence-electron chi connectivity index (χ2n) is 5.97. The zero-order valence-electron chi connectivity index (χ0n) is 13.5. The first kappa shape index (κ1) is 15.1. The highest BCUT2D eigenvalue weighted by atomic mass is 16.5. The third-order valence-electron chi connectivity index (χ3n) is 4.25. The highest BCUT2D eigenvalue weighted by molar-refractivity contribution is 5.98. The highest BCUT2D eigenvalue weighted by Crippen LogP contribution is 2.36. The van der Waals surface area contributed by atoms with Crippen molar-refractivity contribution in [2.75, 3.05) is 24.7 Å². The monoisotopic (exact) mass is 329 g/mol. The van der Waals surface area contributed by atoms with Crippen LogP contribution in [0.25, 0.3) is 11.4 Å². The Morgan fingerprint density at radius 3 is 3.08 bits per heavy atom. The lowest BCUT2D eigenvalue weighted by Crippen LogP contribution is -2.39. The van der Waals surface area contributed by atoms with Gasteiger partial charge < -0.3 is 18.9 Å². The average molecular weight is 329 g/mol. The summed E-state index contributed by atoms with van der Waals surface area (Å²) in [5.41, 5.74) is 1.55. The van der Waals surface area contributed by atoms with E-state index < -0.39 is 0 Å². The predicted octanol–water partition coefficient (Wildman–Crippen LogP) is 2.72. The summed E-state index contributed by atoms with van der Waals surface area (Å²) in [6.45, 7) is 3.51. The smallest absolute Gasteiger partial charge is 0.265 e. The number of carbonyl (C=O) groups excluding carboxylic acids is 1. The fourth-order valence-electron chi connectivity index (χ4n) is 3.07. The van der Waals surface area contributed by atoms with Gasteiger partial charge in [-0.05, 0) is 37.5 Å². The summed E-state index contributed by atoms with van der Waals surface area (Å²) >= 11 is 0. The fraction of sp³-hybridized carbons (Fsp3) is 0.471. The molecule has 24 heavy (non-hydrogen) atoms. The second kappa shape index (κ2) is 6.24. The Kier molecular flexibility index (Phi) is 3.93. The first-order valence-electron chi connectivity index (χ1n) is 8.29. The van der Waals surface area contributed by atoms with Crippen LogP contribution in [-0.4, -0.2) is 35.8 Å². The molecule has 2 aliphatic rings. The lowest BCUT2D eigenvalue weighted by molar-refractivity contribution is -0.121. The number of rotatable bonds is 4. The number of benzene rings is 1. The number of carbonyl (C=O) groups is 1. The van der Waals surface area contributed by atoms with Crippen LogP contribution in [0.2, 0.25) is 0 Å². The molecule has 3 heterocycles. The van der Waals surface area contributed by atoms with Crippen LogP contribution in [0.1, 0.15) is 38.2 Å². The SMILES string of the molecule is CCCN1C(=O)COc2ccc(-c3noc(C4CCCO4)n3)cc21. The Morgan fingerprint density at radius 1 is 1.38 bits per heavy atom. The van der Waals surface area contributed by atoms with Crippen molar-refractivity contribution in [3.63, 3.8) is 0 Å². The van der Waals surface area contributed by atoms with Gasteiger partial charge in [-0.25, -0.2) is 0 Å². The Morgan fingerprint density at radius 2 is 2.29 bits per heavy atom. The van der Waals surface area contributed by atoms with Gasteiger partial charge in [-0.2, -0.15) is 4.98 Å². The van der Waals surface area contributed by atoms with Crippen molar-refractivity contribution in [3.05, 3.63) is 24.1 Å².